The molecule has 0 bridgehead atoms. The fourth-order valence-corrected chi connectivity index (χ4v) is 4.37. The highest BCUT2D eigenvalue weighted by atomic mass is 79.9. The molecule has 0 aliphatic heterocycles. The quantitative estimate of drug-likeness (QED) is 0.516. The number of nitrogens with one attached hydrogen (secondary N) is 1. The van der Waals surface area contributed by atoms with Gasteiger partial charge in [0.2, 0.25) is 21.8 Å². The molecule has 2 amide bonds. The minimum atomic E-state index is -3.72. The summed E-state index contributed by atoms with van der Waals surface area (Å²) in [5, 5.41) is 2.86. The zero-order valence-electron chi connectivity index (χ0n) is 18.8. The molecule has 7 nitrogen and oxygen atoms in total. The lowest BCUT2D eigenvalue weighted by Crippen LogP contribution is -2.51. The van der Waals surface area contributed by atoms with E-state index in [0.29, 0.717) is 12.2 Å². The van der Waals surface area contributed by atoms with Gasteiger partial charge in [0.25, 0.3) is 0 Å². The van der Waals surface area contributed by atoms with Gasteiger partial charge in [0.1, 0.15) is 12.6 Å². The Morgan fingerprint density at radius 2 is 1.69 bits per heavy atom. The van der Waals surface area contributed by atoms with Crippen LogP contribution in [0.15, 0.2) is 59.1 Å². The third kappa shape index (κ3) is 7.63. The van der Waals surface area contributed by atoms with Crippen LogP contribution in [-0.4, -0.2) is 50.5 Å². The number of anilines is 1. The fourth-order valence-electron chi connectivity index (χ4n) is 3.08. The molecule has 0 aliphatic carbocycles. The van der Waals surface area contributed by atoms with Gasteiger partial charge in [-0.05, 0) is 42.7 Å². The summed E-state index contributed by atoms with van der Waals surface area (Å²) in [6.07, 6.45) is 1.06. The van der Waals surface area contributed by atoms with Gasteiger partial charge in [-0.2, -0.15) is 0 Å². The van der Waals surface area contributed by atoms with Crippen molar-refractivity contribution in [1.82, 2.24) is 10.2 Å². The van der Waals surface area contributed by atoms with Crippen LogP contribution >= 0.6 is 15.9 Å². The van der Waals surface area contributed by atoms with Crippen LogP contribution in [0.2, 0.25) is 0 Å². The average molecular weight is 524 g/mol. The monoisotopic (exact) mass is 523 g/mol. The largest absolute Gasteiger partial charge is 0.354 e. The Kier molecular flexibility index (Phi) is 9.27. The van der Waals surface area contributed by atoms with Crippen molar-refractivity contribution in [2.24, 2.45) is 5.92 Å². The molecule has 174 valence electrons. The third-order valence-corrected chi connectivity index (χ3v) is 6.45. The molecule has 9 heteroatoms. The van der Waals surface area contributed by atoms with Crippen LogP contribution < -0.4 is 9.62 Å². The number of hydrogen-bond donors (Lipinski definition) is 1. The van der Waals surface area contributed by atoms with Crippen molar-refractivity contribution >= 4 is 43.5 Å². The topological polar surface area (TPSA) is 86.8 Å². The van der Waals surface area contributed by atoms with Crippen LogP contribution in [0.1, 0.15) is 26.3 Å². The molecule has 0 aliphatic rings. The number of carbonyl (C=O) groups excluding carboxylic acids is 2. The number of halogens is 1. The number of carbonyl (C=O) groups is 2. The lowest BCUT2D eigenvalue weighted by molar-refractivity contribution is -0.139. The molecular formula is C23H30BrN3O4S. The van der Waals surface area contributed by atoms with E-state index < -0.39 is 28.5 Å². The predicted octanol–water partition coefficient (Wildman–Crippen LogP) is 3.40. The maximum absolute atomic E-state index is 13.4. The van der Waals surface area contributed by atoms with Crippen LogP contribution in [0.5, 0.6) is 0 Å². The van der Waals surface area contributed by atoms with Gasteiger partial charge in [0.15, 0.2) is 0 Å². The van der Waals surface area contributed by atoms with E-state index in [-0.39, 0.29) is 18.4 Å². The zero-order valence-corrected chi connectivity index (χ0v) is 21.2. The van der Waals surface area contributed by atoms with E-state index in [0.717, 1.165) is 20.6 Å². The predicted molar refractivity (Wildman–Crippen MR) is 131 cm³/mol. The second-order valence-corrected chi connectivity index (χ2v) is 10.9. The number of rotatable bonds is 10. The van der Waals surface area contributed by atoms with Crippen molar-refractivity contribution in [1.29, 1.82) is 0 Å². The van der Waals surface area contributed by atoms with E-state index in [1.165, 1.54) is 4.90 Å². The van der Waals surface area contributed by atoms with E-state index in [1.54, 1.807) is 37.3 Å². The molecule has 0 heterocycles. The molecule has 2 rings (SSSR count). The molecule has 0 aromatic heterocycles. The Balaban J connectivity index is 2.33. The van der Waals surface area contributed by atoms with Gasteiger partial charge in [0, 0.05) is 17.6 Å². The van der Waals surface area contributed by atoms with Gasteiger partial charge in [-0.3, -0.25) is 13.9 Å². The Morgan fingerprint density at radius 1 is 1.03 bits per heavy atom. The molecule has 2 aromatic carbocycles. The molecule has 0 spiro atoms. The minimum Gasteiger partial charge on any atom is -0.354 e. The SMILES string of the molecule is CC(C)CNC(=O)[C@@H](C)N(Cc1cccc(Br)c1)C(=O)CN(c1ccccc1)S(C)(=O)=O. The second-order valence-electron chi connectivity index (χ2n) is 8.07. The molecular weight excluding hydrogens is 494 g/mol. The lowest BCUT2D eigenvalue weighted by Gasteiger charge is -2.31. The number of nitrogens with zero attached hydrogens (tertiary/aromatic N) is 2. The first kappa shape index (κ1) is 25.9. The molecule has 1 atom stereocenters. The number of sulfonamides is 1. The first-order valence-corrected chi connectivity index (χ1v) is 13.0. The van der Waals surface area contributed by atoms with Gasteiger partial charge in [-0.25, -0.2) is 8.42 Å². The van der Waals surface area contributed by atoms with Crippen LogP contribution in [0, 0.1) is 5.92 Å². The molecule has 1 N–H and O–H groups in total. The highest BCUT2D eigenvalue weighted by Crippen LogP contribution is 2.19. The van der Waals surface area contributed by atoms with Crippen molar-refractivity contribution < 1.29 is 18.0 Å². The van der Waals surface area contributed by atoms with Gasteiger partial charge < -0.3 is 10.2 Å². The summed E-state index contributed by atoms with van der Waals surface area (Å²) in [7, 11) is -3.72. The van der Waals surface area contributed by atoms with Gasteiger partial charge in [-0.1, -0.05) is 60.1 Å². The normalized spacial score (nSPS) is 12.3. The van der Waals surface area contributed by atoms with Crippen molar-refractivity contribution in [2.75, 3.05) is 23.7 Å². The number of benzene rings is 2. The fraction of sp³-hybridized carbons (Fsp3) is 0.391. The Hall–Kier alpha value is -2.39. The summed E-state index contributed by atoms with van der Waals surface area (Å²) in [6.45, 7) is 5.87. The second kappa shape index (κ2) is 11.5. The molecule has 0 saturated carbocycles. The maximum atomic E-state index is 13.4. The number of amides is 2. The number of hydrogen-bond acceptors (Lipinski definition) is 4. The molecule has 32 heavy (non-hydrogen) atoms. The van der Waals surface area contributed by atoms with E-state index in [2.05, 4.69) is 21.2 Å². The molecule has 0 saturated heterocycles. The standard InChI is InChI=1S/C23H30BrN3O4S/c1-17(2)14-25-23(29)18(3)26(15-19-9-8-10-20(24)13-19)22(28)16-27(32(4,30)31)21-11-6-5-7-12-21/h5-13,17-18H,14-16H2,1-4H3,(H,25,29)/t18-/m1/s1. The van der Waals surface area contributed by atoms with Crippen molar-refractivity contribution in [3.05, 3.63) is 64.6 Å². The third-order valence-electron chi connectivity index (χ3n) is 4.82. The number of para-hydroxylation sites is 1. The Morgan fingerprint density at radius 3 is 2.25 bits per heavy atom. The highest BCUT2D eigenvalue weighted by molar-refractivity contribution is 9.10. The van der Waals surface area contributed by atoms with Gasteiger partial charge in [-0.15, -0.1) is 0 Å². The van der Waals surface area contributed by atoms with Crippen LogP contribution in [0.3, 0.4) is 0 Å². The summed E-state index contributed by atoms with van der Waals surface area (Å²) in [4.78, 5) is 27.5. The average Bonchev–Trinajstić information content (AvgIpc) is 2.73. The smallest absolute Gasteiger partial charge is 0.244 e. The van der Waals surface area contributed by atoms with Crippen LogP contribution in [0.4, 0.5) is 5.69 Å². The van der Waals surface area contributed by atoms with Gasteiger partial charge in [0.05, 0.1) is 11.9 Å². The van der Waals surface area contributed by atoms with Crippen molar-refractivity contribution in [2.45, 2.75) is 33.4 Å². The minimum absolute atomic E-state index is 0.168. The molecule has 0 unspecified atom stereocenters. The van der Waals surface area contributed by atoms with Crippen molar-refractivity contribution in [3.8, 4) is 0 Å². The first-order valence-electron chi connectivity index (χ1n) is 10.3. The summed E-state index contributed by atoms with van der Waals surface area (Å²) in [6, 6.07) is 15.1. The highest BCUT2D eigenvalue weighted by Gasteiger charge is 2.30. The Labute approximate surface area is 199 Å². The summed E-state index contributed by atoms with van der Waals surface area (Å²) in [5.74, 6) is -0.488. The van der Waals surface area contributed by atoms with E-state index in [1.807, 2.05) is 38.1 Å². The molecule has 0 radical (unpaired) electrons. The van der Waals surface area contributed by atoms with Gasteiger partial charge >= 0.3 is 0 Å². The van der Waals surface area contributed by atoms with Crippen molar-refractivity contribution in [3.63, 3.8) is 0 Å². The van der Waals surface area contributed by atoms with Crippen LogP contribution in [0.25, 0.3) is 0 Å². The van der Waals surface area contributed by atoms with Crippen LogP contribution in [-0.2, 0) is 26.2 Å². The van der Waals surface area contributed by atoms with E-state index >= 15 is 0 Å². The lowest BCUT2D eigenvalue weighted by atomic mass is 10.1. The molecule has 2 aromatic rings. The summed E-state index contributed by atoms with van der Waals surface area (Å²) in [5.41, 5.74) is 1.21. The van der Waals surface area contributed by atoms with E-state index in [4.69, 9.17) is 0 Å². The summed E-state index contributed by atoms with van der Waals surface area (Å²) >= 11 is 3.42. The maximum Gasteiger partial charge on any atom is 0.244 e. The Bertz CT molecular complexity index is 1030. The van der Waals surface area contributed by atoms with E-state index in [9.17, 15) is 18.0 Å². The molecule has 0 fully saturated rings. The first-order chi connectivity index (χ1) is 15.0. The zero-order chi connectivity index (χ0) is 23.9. The summed E-state index contributed by atoms with van der Waals surface area (Å²) < 4.78 is 26.8.